The third kappa shape index (κ3) is 2.67. The van der Waals surface area contributed by atoms with E-state index in [0.29, 0.717) is 40.1 Å². The number of anilines is 1. The van der Waals surface area contributed by atoms with Crippen LogP contribution in [-0.2, 0) is 4.79 Å². The maximum atomic E-state index is 12.7. The van der Waals surface area contributed by atoms with Crippen LogP contribution in [0.15, 0.2) is 34.6 Å². The highest BCUT2D eigenvalue weighted by Crippen LogP contribution is 2.43. The van der Waals surface area contributed by atoms with Crippen molar-refractivity contribution in [1.29, 1.82) is 0 Å². The summed E-state index contributed by atoms with van der Waals surface area (Å²) in [4.78, 5) is 27.9. The summed E-state index contributed by atoms with van der Waals surface area (Å²) in [5.74, 6) is 0.508. The number of halogens is 1. The molecule has 2 heterocycles. The van der Waals surface area contributed by atoms with Crippen molar-refractivity contribution in [2.24, 2.45) is 0 Å². The van der Waals surface area contributed by atoms with E-state index < -0.39 is 11.0 Å². The molecule has 0 saturated carbocycles. The molecule has 2 aliphatic rings. The Morgan fingerprint density at radius 2 is 2.23 bits per heavy atom. The van der Waals surface area contributed by atoms with E-state index in [1.807, 2.05) is 6.26 Å². The second-order valence-electron chi connectivity index (χ2n) is 6.03. The predicted molar refractivity (Wildman–Crippen MR) is 97.6 cm³/mol. The third-order valence-electron chi connectivity index (χ3n) is 4.52. The average Bonchev–Trinajstić information content (AvgIpc) is 3.03. The van der Waals surface area contributed by atoms with Crippen molar-refractivity contribution in [3.8, 4) is 0 Å². The standard InChI is InChI=1S/C16H14ClN5O3S/c1-26-16-19-15-18-11-3-2-4-12(23)13(11)14(21(15)20-16)9-7-8(22(24)25)5-6-10(9)17/h5-7,14H,2-4H2,1H3,(H,18,19,20)/t14-/m0/s1. The van der Waals surface area contributed by atoms with Gasteiger partial charge in [0, 0.05) is 40.4 Å². The first-order chi connectivity index (χ1) is 12.5. The van der Waals surface area contributed by atoms with Crippen LogP contribution in [0.4, 0.5) is 11.6 Å². The summed E-state index contributed by atoms with van der Waals surface area (Å²) in [6, 6.07) is 3.61. The molecule has 1 aromatic carbocycles. The minimum Gasteiger partial charge on any atom is -0.328 e. The van der Waals surface area contributed by atoms with Crippen LogP contribution in [0.5, 0.6) is 0 Å². The lowest BCUT2D eigenvalue weighted by atomic mass is 9.85. The van der Waals surface area contributed by atoms with Gasteiger partial charge in [-0.05, 0) is 25.2 Å². The topological polar surface area (TPSA) is 103 Å². The Balaban J connectivity index is 1.96. The molecule has 26 heavy (non-hydrogen) atoms. The van der Waals surface area contributed by atoms with Gasteiger partial charge in [-0.15, -0.1) is 5.10 Å². The van der Waals surface area contributed by atoms with Crippen LogP contribution in [-0.4, -0.2) is 31.7 Å². The zero-order valence-corrected chi connectivity index (χ0v) is 15.3. The molecule has 0 saturated heterocycles. The predicted octanol–water partition coefficient (Wildman–Crippen LogP) is 3.58. The van der Waals surface area contributed by atoms with Gasteiger partial charge in [-0.1, -0.05) is 23.4 Å². The molecule has 1 atom stereocenters. The summed E-state index contributed by atoms with van der Waals surface area (Å²) >= 11 is 7.75. The lowest BCUT2D eigenvalue weighted by Crippen LogP contribution is -2.31. The lowest BCUT2D eigenvalue weighted by molar-refractivity contribution is -0.384. The summed E-state index contributed by atoms with van der Waals surface area (Å²) in [6.07, 6.45) is 3.76. The summed E-state index contributed by atoms with van der Waals surface area (Å²) in [5, 5.41) is 19.8. The third-order valence-corrected chi connectivity index (χ3v) is 5.40. The van der Waals surface area contributed by atoms with Gasteiger partial charge in [0.05, 0.1) is 4.92 Å². The van der Waals surface area contributed by atoms with Crippen molar-refractivity contribution in [2.45, 2.75) is 30.5 Å². The number of carbonyl (C=O) groups excluding carboxylic acids is 1. The lowest BCUT2D eigenvalue weighted by Gasteiger charge is -2.32. The molecule has 1 aliphatic carbocycles. The zero-order valence-electron chi connectivity index (χ0n) is 13.7. The fraction of sp³-hybridized carbons (Fsp3) is 0.312. The Morgan fingerprint density at radius 3 is 2.96 bits per heavy atom. The highest BCUT2D eigenvalue weighted by Gasteiger charge is 2.38. The Morgan fingerprint density at radius 1 is 1.42 bits per heavy atom. The van der Waals surface area contributed by atoms with E-state index in [2.05, 4.69) is 15.4 Å². The highest BCUT2D eigenvalue weighted by molar-refractivity contribution is 7.98. The molecule has 10 heteroatoms. The van der Waals surface area contributed by atoms with Gasteiger partial charge in [0.2, 0.25) is 11.1 Å². The molecule has 1 aliphatic heterocycles. The number of rotatable bonds is 3. The second kappa shape index (κ2) is 6.40. The zero-order chi connectivity index (χ0) is 18.4. The number of thioether (sulfide) groups is 1. The van der Waals surface area contributed by atoms with Crippen LogP contribution < -0.4 is 5.32 Å². The molecular formula is C16H14ClN5O3S. The molecule has 0 amide bonds. The minimum atomic E-state index is -0.630. The number of Topliss-reactive ketones (excluding diaryl/α,β-unsaturated/α-hetero) is 1. The Bertz CT molecular complexity index is 971. The number of nitrogens with zero attached hydrogens (tertiary/aromatic N) is 4. The molecule has 0 bridgehead atoms. The van der Waals surface area contributed by atoms with Crippen LogP contribution in [0.3, 0.4) is 0 Å². The van der Waals surface area contributed by atoms with Gasteiger partial charge in [-0.3, -0.25) is 14.9 Å². The number of nitro benzene ring substituents is 1. The molecule has 1 N–H and O–H groups in total. The first-order valence-electron chi connectivity index (χ1n) is 7.97. The summed E-state index contributed by atoms with van der Waals surface area (Å²) in [6.45, 7) is 0. The van der Waals surface area contributed by atoms with E-state index in [1.54, 1.807) is 4.68 Å². The van der Waals surface area contributed by atoms with Crippen LogP contribution in [0.2, 0.25) is 5.02 Å². The summed E-state index contributed by atoms with van der Waals surface area (Å²) in [5.41, 5.74) is 1.74. The van der Waals surface area contributed by atoms with Gasteiger partial charge >= 0.3 is 0 Å². The number of hydrogen-bond acceptors (Lipinski definition) is 7. The number of ketones is 1. The van der Waals surface area contributed by atoms with Crippen molar-refractivity contribution < 1.29 is 9.72 Å². The van der Waals surface area contributed by atoms with Crippen LogP contribution in [0.1, 0.15) is 30.9 Å². The molecule has 0 spiro atoms. The summed E-state index contributed by atoms with van der Waals surface area (Å²) < 4.78 is 1.60. The number of aromatic nitrogens is 3. The quantitative estimate of drug-likeness (QED) is 0.484. The molecular weight excluding hydrogens is 378 g/mol. The number of nitrogens with one attached hydrogen (secondary N) is 1. The largest absolute Gasteiger partial charge is 0.328 e. The molecule has 0 fully saturated rings. The fourth-order valence-corrected chi connectivity index (χ4v) is 3.93. The van der Waals surface area contributed by atoms with E-state index in [0.717, 1.165) is 12.1 Å². The monoisotopic (exact) mass is 391 g/mol. The summed E-state index contributed by atoms with van der Waals surface area (Å²) in [7, 11) is 0. The van der Waals surface area contributed by atoms with Crippen LogP contribution in [0, 0.1) is 10.1 Å². The number of benzene rings is 1. The van der Waals surface area contributed by atoms with E-state index in [-0.39, 0.29) is 11.5 Å². The first-order valence-corrected chi connectivity index (χ1v) is 9.57. The number of allylic oxidation sites excluding steroid dienone is 2. The van der Waals surface area contributed by atoms with Gasteiger partial charge in [-0.25, -0.2) is 4.68 Å². The van der Waals surface area contributed by atoms with Crippen LogP contribution >= 0.6 is 23.4 Å². The number of carbonyl (C=O) groups is 1. The highest BCUT2D eigenvalue weighted by atomic mass is 35.5. The Kier molecular flexibility index (Phi) is 4.20. The molecule has 2 aromatic rings. The van der Waals surface area contributed by atoms with Gasteiger partial charge in [0.1, 0.15) is 6.04 Å². The van der Waals surface area contributed by atoms with Crippen molar-refractivity contribution in [2.75, 3.05) is 11.6 Å². The van der Waals surface area contributed by atoms with Crippen LogP contribution in [0.25, 0.3) is 0 Å². The molecule has 1 aromatic heterocycles. The average molecular weight is 392 g/mol. The Labute approximate surface area is 157 Å². The molecule has 8 nitrogen and oxygen atoms in total. The van der Waals surface area contributed by atoms with E-state index in [1.165, 1.54) is 30.0 Å². The molecule has 0 unspecified atom stereocenters. The van der Waals surface area contributed by atoms with Gasteiger partial charge in [0.25, 0.3) is 5.69 Å². The number of hydrogen-bond donors (Lipinski definition) is 1. The van der Waals surface area contributed by atoms with E-state index in [9.17, 15) is 14.9 Å². The minimum absolute atomic E-state index is 0.00169. The molecule has 134 valence electrons. The fourth-order valence-electron chi connectivity index (χ4n) is 3.36. The van der Waals surface area contributed by atoms with E-state index >= 15 is 0 Å². The molecule has 0 radical (unpaired) electrons. The van der Waals surface area contributed by atoms with Crippen molar-refractivity contribution >= 4 is 40.8 Å². The van der Waals surface area contributed by atoms with Gasteiger partial charge in [0.15, 0.2) is 5.78 Å². The second-order valence-corrected chi connectivity index (χ2v) is 7.21. The van der Waals surface area contributed by atoms with E-state index in [4.69, 9.17) is 11.6 Å². The van der Waals surface area contributed by atoms with Gasteiger partial charge < -0.3 is 5.32 Å². The number of nitro groups is 1. The maximum Gasteiger partial charge on any atom is 0.269 e. The normalized spacial score (nSPS) is 19.0. The van der Waals surface area contributed by atoms with Crippen molar-refractivity contribution in [3.05, 3.63) is 50.2 Å². The first kappa shape index (κ1) is 17.0. The molecule has 4 rings (SSSR count). The smallest absolute Gasteiger partial charge is 0.269 e. The van der Waals surface area contributed by atoms with Crippen molar-refractivity contribution in [1.82, 2.24) is 14.8 Å². The Hall–Kier alpha value is -2.39. The number of non-ortho nitro benzene ring substituents is 1. The van der Waals surface area contributed by atoms with Gasteiger partial charge in [-0.2, -0.15) is 4.98 Å². The SMILES string of the molecule is CSc1nc2n(n1)[C@@H](c1cc([N+](=O)[O-])ccc1Cl)C1=C(CCCC1=O)N2. The maximum absolute atomic E-state index is 12.7. The number of fused-ring (bicyclic) bond motifs is 1. The van der Waals surface area contributed by atoms with Crippen molar-refractivity contribution in [3.63, 3.8) is 0 Å².